The van der Waals surface area contributed by atoms with Gasteiger partial charge in [-0.2, -0.15) is 0 Å². The molecule has 0 atom stereocenters. The van der Waals surface area contributed by atoms with Crippen molar-refractivity contribution in [2.24, 2.45) is 0 Å². The number of hydrogen-bond donors (Lipinski definition) is 1. The molecule has 1 aromatic carbocycles. The second-order valence-electron chi connectivity index (χ2n) is 5.64. The van der Waals surface area contributed by atoms with Crippen molar-refractivity contribution in [2.75, 3.05) is 32.5 Å². The number of nitrogen functional groups attached to an aromatic ring is 1. The largest absolute Gasteiger partial charge is 0.484 e. The Labute approximate surface area is 157 Å². The molecular weight excluding hydrogens is 352 g/mol. The molecule has 0 fully saturated rings. The van der Waals surface area contributed by atoms with Gasteiger partial charge in [-0.3, -0.25) is 4.79 Å². The van der Waals surface area contributed by atoms with Crippen molar-refractivity contribution in [1.82, 2.24) is 4.90 Å². The van der Waals surface area contributed by atoms with E-state index in [-0.39, 0.29) is 12.5 Å². The quantitative estimate of drug-likeness (QED) is 0.750. The summed E-state index contributed by atoms with van der Waals surface area (Å²) in [5.41, 5.74) is 7.98. The van der Waals surface area contributed by atoms with Crippen LogP contribution in [0.15, 0.2) is 24.3 Å². The van der Waals surface area contributed by atoms with Crippen molar-refractivity contribution < 1.29 is 19.1 Å². The first-order valence-electron chi connectivity index (χ1n) is 8.41. The Hall–Kier alpha value is -2.54. The number of hydrogen-bond acceptors (Lipinski definition) is 6. The standard InChI is InChI=1S/C19H24N2O4S/c1-5-21(6-2)15(22)11-25-14-9-7-13(8-10-14)16-12(3)26-18(20)17(16)19(23)24-4/h7-10H,5-6,11,20H2,1-4H3. The second kappa shape index (κ2) is 8.71. The van der Waals surface area contributed by atoms with Crippen LogP contribution < -0.4 is 10.5 Å². The van der Waals surface area contributed by atoms with Gasteiger partial charge in [0.05, 0.1) is 7.11 Å². The SMILES string of the molecule is CCN(CC)C(=O)COc1ccc(-c2c(C)sc(N)c2C(=O)OC)cc1. The molecule has 7 heteroatoms. The number of ether oxygens (including phenoxy) is 2. The summed E-state index contributed by atoms with van der Waals surface area (Å²) < 4.78 is 10.4. The molecule has 1 heterocycles. The van der Waals surface area contributed by atoms with Crippen LogP contribution in [-0.2, 0) is 9.53 Å². The number of methoxy groups -OCH3 is 1. The van der Waals surface area contributed by atoms with Gasteiger partial charge in [0.15, 0.2) is 6.61 Å². The lowest BCUT2D eigenvalue weighted by Gasteiger charge is -2.18. The summed E-state index contributed by atoms with van der Waals surface area (Å²) in [6, 6.07) is 7.24. The van der Waals surface area contributed by atoms with Crippen molar-refractivity contribution in [3.63, 3.8) is 0 Å². The third-order valence-corrected chi connectivity index (χ3v) is 5.06. The summed E-state index contributed by atoms with van der Waals surface area (Å²) in [4.78, 5) is 26.7. The Bertz CT molecular complexity index is 780. The Morgan fingerprint density at radius 3 is 2.31 bits per heavy atom. The molecule has 0 aliphatic rings. The molecule has 1 aromatic heterocycles. The van der Waals surface area contributed by atoms with Crippen molar-refractivity contribution in [2.45, 2.75) is 20.8 Å². The van der Waals surface area contributed by atoms with E-state index in [9.17, 15) is 9.59 Å². The van der Waals surface area contributed by atoms with Crippen LogP contribution in [-0.4, -0.2) is 43.6 Å². The van der Waals surface area contributed by atoms with Gasteiger partial charge in [-0.05, 0) is 38.5 Å². The molecule has 140 valence electrons. The van der Waals surface area contributed by atoms with Crippen molar-refractivity contribution in [3.05, 3.63) is 34.7 Å². The lowest BCUT2D eigenvalue weighted by Crippen LogP contribution is -2.34. The Morgan fingerprint density at radius 2 is 1.77 bits per heavy atom. The Kier molecular flexibility index (Phi) is 6.63. The first kappa shape index (κ1) is 19.8. The van der Waals surface area contributed by atoms with E-state index >= 15 is 0 Å². The van der Waals surface area contributed by atoms with Crippen molar-refractivity contribution in [3.8, 4) is 16.9 Å². The molecular formula is C19H24N2O4S. The number of amides is 1. The van der Waals surface area contributed by atoms with Crippen LogP contribution in [0, 0.1) is 6.92 Å². The molecule has 0 aliphatic heterocycles. The summed E-state index contributed by atoms with van der Waals surface area (Å²) in [6.07, 6.45) is 0. The molecule has 0 spiro atoms. The molecule has 2 N–H and O–H groups in total. The zero-order valence-corrected chi connectivity index (χ0v) is 16.3. The van der Waals surface area contributed by atoms with Crippen LogP contribution in [0.25, 0.3) is 11.1 Å². The number of thiophene rings is 1. The van der Waals surface area contributed by atoms with Gasteiger partial charge in [-0.25, -0.2) is 4.79 Å². The summed E-state index contributed by atoms with van der Waals surface area (Å²) in [6.45, 7) is 7.10. The van der Waals surface area contributed by atoms with Gasteiger partial charge in [-0.15, -0.1) is 11.3 Å². The van der Waals surface area contributed by atoms with Crippen LogP contribution in [0.3, 0.4) is 0 Å². The van der Waals surface area contributed by atoms with Gasteiger partial charge in [-0.1, -0.05) is 12.1 Å². The van der Waals surface area contributed by atoms with Crippen LogP contribution in [0.1, 0.15) is 29.1 Å². The van der Waals surface area contributed by atoms with Crippen LogP contribution in [0.5, 0.6) is 5.75 Å². The molecule has 0 unspecified atom stereocenters. The number of benzene rings is 1. The number of nitrogens with zero attached hydrogens (tertiary/aromatic N) is 1. The van der Waals surface area contributed by atoms with E-state index in [2.05, 4.69) is 0 Å². The number of aryl methyl sites for hydroxylation is 1. The molecule has 0 saturated carbocycles. The van der Waals surface area contributed by atoms with Gasteiger partial charge in [0, 0.05) is 23.5 Å². The van der Waals surface area contributed by atoms with E-state index < -0.39 is 5.97 Å². The number of carbonyl (C=O) groups excluding carboxylic acids is 2. The fourth-order valence-corrected chi connectivity index (χ4v) is 3.69. The summed E-state index contributed by atoms with van der Waals surface area (Å²) >= 11 is 1.36. The fourth-order valence-electron chi connectivity index (χ4n) is 2.75. The van der Waals surface area contributed by atoms with Gasteiger partial charge in [0.2, 0.25) is 0 Å². The van der Waals surface area contributed by atoms with E-state index in [0.29, 0.717) is 29.4 Å². The van der Waals surface area contributed by atoms with Gasteiger partial charge < -0.3 is 20.1 Å². The summed E-state index contributed by atoms with van der Waals surface area (Å²) in [7, 11) is 1.34. The summed E-state index contributed by atoms with van der Waals surface area (Å²) in [5, 5.41) is 0.439. The number of likely N-dealkylation sites (N-methyl/N-ethyl adjacent to an activating group) is 1. The second-order valence-corrected chi connectivity index (χ2v) is 6.90. The van der Waals surface area contributed by atoms with E-state index in [1.54, 1.807) is 17.0 Å². The molecule has 0 bridgehead atoms. The van der Waals surface area contributed by atoms with Crippen molar-refractivity contribution in [1.29, 1.82) is 0 Å². The maximum absolute atomic E-state index is 12.0. The third-order valence-electron chi connectivity index (χ3n) is 4.12. The van der Waals surface area contributed by atoms with Crippen LogP contribution >= 0.6 is 11.3 Å². The molecule has 2 rings (SSSR count). The highest BCUT2D eigenvalue weighted by atomic mass is 32.1. The van der Waals surface area contributed by atoms with E-state index in [1.165, 1.54) is 18.4 Å². The predicted octanol–water partition coefficient (Wildman–Crippen LogP) is 3.34. The zero-order chi connectivity index (χ0) is 19.3. The smallest absolute Gasteiger partial charge is 0.341 e. The monoisotopic (exact) mass is 376 g/mol. The van der Waals surface area contributed by atoms with Crippen LogP contribution in [0.4, 0.5) is 5.00 Å². The average molecular weight is 376 g/mol. The number of carbonyl (C=O) groups is 2. The van der Waals surface area contributed by atoms with E-state index in [1.807, 2.05) is 32.9 Å². The number of esters is 1. The third kappa shape index (κ3) is 4.16. The van der Waals surface area contributed by atoms with Gasteiger partial charge >= 0.3 is 5.97 Å². The Balaban J connectivity index is 2.18. The molecule has 0 radical (unpaired) electrons. The first-order valence-corrected chi connectivity index (χ1v) is 9.22. The summed E-state index contributed by atoms with van der Waals surface area (Å²) in [5.74, 6) is 0.0928. The maximum atomic E-state index is 12.0. The topological polar surface area (TPSA) is 81.9 Å². The maximum Gasteiger partial charge on any atom is 0.341 e. The van der Waals surface area contributed by atoms with Gasteiger partial charge in [0.1, 0.15) is 16.3 Å². The molecule has 6 nitrogen and oxygen atoms in total. The molecule has 26 heavy (non-hydrogen) atoms. The highest BCUT2D eigenvalue weighted by Gasteiger charge is 2.22. The van der Waals surface area contributed by atoms with Crippen LogP contribution in [0.2, 0.25) is 0 Å². The number of rotatable bonds is 7. The normalized spacial score (nSPS) is 10.5. The molecule has 0 saturated heterocycles. The van der Waals surface area contributed by atoms with Crippen molar-refractivity contribution >= 4 is 28.2 Å². The van der Waals surface area contributed by atoms with E-state index in [0.717, 1.165) is 16.0 Å². The average Bonchev–Trinajstić information content (AvgIpc) is 2.94. The minimum Gasteiger partial charge on any atom is -0.484 e. The number of nitrogens with two attached hydrogens (primary N) is 1. The lowest BCUT2D eigenvalue weighted by atomic mass is 10.0. The first-order chi connectivity index (χ1) is 12.4. The van der Waals surface area contributed by atoms with Gasteiger partial charge in [0.25, 0.3) is 5.91 Å². The van der Waals surface area contributed by atoms with E-state index in [4.69, 9.17) is 15.2 Å². The predicted molar refractivity (Wildman–Crippen MR) is 104 cm³/mol. The highest BCUT2D eigenvalue weighted by Crippen LogP contribution is 2.39. The number of anilines is 1. The fraction of sp³-hybridized carbons (Fsp3) is 0.368. The molecule has 0 aliphatic carbocycles. The minimum absolute atomic E-state index is 0.00113. The molecule has 2 aromatic rings. The Morgan fingerprint density at radius 1 is 1.15 bits per heavy atom. The lowest BCUT2D eigenvalue weighted by molar-refractivity contribution is -0.132. The molecule has 1 amide bonds. The minimum atomic E-state index is -0.452. The highest BCUT2D eigenvalue weighted by molar-refractivity contribution is 7.16. The zero-order valence-electron chi connectivity index (χ0n) is 15.5.